The van der Waals surface area contributed by atoms with Crippen molar-refractivity contribution in [2.75, 3.05) is 5.32 Å². The number of carbonyl (C=O) groups is 1. The molecular weight excluding hydrogens is 537 g/mol. The zero-order valence-corrected chi connectivity index (χ0v) is 22.9. The molecule has 1 amide bonds. The van der Waals surface area contributed by atoms with Gasteiger partial charge in [0.05, 0.1) is 11.2 Å². The van der Waals surface area contributed by atoms with Crippen molar-refractivity contribution in [3.63, 3.8) is 0 Å². The number of hydrogen-bond donors (Lipinski definition) is 1. The molecule has 3 aromatic heterocycles. The fourth-order valence-electron chi connectivity index (χ4n) is 6.08. The molecule has 1 N–H and O–H groups in total. The fraction of sp³-hybridized carbons (Fsp3) is 0.258. The molecule has 0 spiro atoms. The van der Waals surface area contributed by atoms with Crippen LogP contribution in [0.4, 0.5) is 15.9 Å². The number of piperidine rings is 1. The predicted octanol–water partition coefficient (Wildman–Crippen LogP) is 5.74. The lowest BCUT2D eigenvalue weighted by molar-refractivity contribution is -0.131. The molecular formula is C31H28FN7O3. The lowest BCUT2D eigenvalue weighted by Crippen LogP contribution is -2.48. The average Bonchev–Trinajstić information content (AvgIpc) is 3.58. The standard InChI is InChI=1S/C31H28FN7O3/c1-3-29(40)39-19-4-5-20(39)13-23(12-19)41-21-6-7-25-24(14-21)31(35-16-33-25)37-26-8-9-27(18(2)30(26)32)42-22-10-11-38-28(15-22)34-17-36-38/h3,6-11,14-17,19-20,23H,1,4-5,12-13H2,2H3,(H,33,35,37)/t19-,20+,23?. The Bertz CT molecular complexity index is 1830. The minimum Gasteiger partial charge on any atom is -0.490 e. The van der Waals surface area contributed by atoms with Gasteiger partial charge in [-0.05, 0) is 62.2 Å². The highest BCUT2D eigenvalue weighted by molar-refractivity contribution is 5.91. The Balaban J connectivity index is 1.10. The lowest BCUT2D eigenvalue weighted by atomic mass is 9.99. The Morgan fingerprint density at radius 2 is 1.88 bits per heavy atom. The molecule has 2 fully saturated rings. The number of benzene rings is 2. The zero-order valence-electron chi connectivity index (χ0n) is 22.9. The van der Waals surface area contributed by atoms with Crippen LogP contribution in [-0.4, -0.2) is 53.6 Å². The maximum Gasteiger partial charge on any atom is 0.246 e. The highest BCUT2D eigenvalue weighted by Crippen LogP contribution is 2.38. The van der Waals surface area contributed by atoms with E-state index >= 15 is 4.39 Å². The molecule has 7 rings (SSSR count). The van der Waals surface area contributed by atoms with Crippen LogP contribution < -0.4 is 14.8 Å². The predicted molar refractivity (Wildman–Crippen MR) is 155 cm³/mol. The molecule has 0 aliphatic carbocycles. The van der Waals surface area contributed by atoms with Crippen LogP contribution in [0.3, 0.4) is 0 Å². The Kier molecular flexibility index (Phi) is 6.41. The number of nitrogens with one attached hydrogen (secondary N) is 1. The van der Waals surface area contributed by atoms with E-state index in [-0.39, 0.29) is 29.8 Å². The van der Waals surface area contributed by atoms with E-state index in [0.29, 0.717) is 45.2 Å². The van der Waals surface area contributed by atoms with Crippen LogP contribution in [0, 0.1) is 12.7 Å². The molecule has 2 bridgehead atoms. The summed E-state index contributed by atoms with van der Waals surface area (Å²) >= 11 is 0. The highest BCUT2D eigenvalue weighted by Gasteiger charge is 2.43. The first kappa shape index (κ1) is 25.9. The Hall–Kier alpha value is -5.06. The van der Waals surface area contributed by atoms with Crippen LogP contribution >= 0.6 is 0 Å². The van der Waals surface area contributed by atoms with Gasteiger partial charge in [0.2, 0.25) is 5.91 Å². The van der Waals surface area contributed by atoms with Crippen molar-refractivity contribution in [2.45, 2.75) is 50.8 Å². The summed E-state index contributed by atoms with van der Waals surface area (Å²) in [6.07, 6.45) is 9.53. The van der Waals surface area contributed by atoms with E-state index in [1.54, 1.807) is 41.9 Å². The molecule has 42 heavy (non-hydrogen) atoms. The Morgan fingerprint density at radius 3 is 2.69 bits per heavy atom. The number of amides is 1. The molecule has 0 saturated carbocycles. The quantitative estimate of drug-likeness (QED) is 0.249. The molecule has 10 nitrogen and oxygen atoms in total. The second-order valence-corrected chi connectivity index (χ2v) is 10.6. The number of halogens is 1. The first-order valence-corrected chi connectivity index (χ1v) is 13.9. The van der Waals surface area contributed by atoms with Gasteiger partial charge in [-0.3, -0.25) is 4.79 Å². The second-order valence-electron chi connectivity index (χ2n) is 10.6. The fourth-order valence-corrected chi connectivity index (χ4v) is 6.08. The lowest BCUT2D eigenvalue weighted by Gasteiger charge is -2.38. The van der Waals surface area contributed by atoms with Crippen molar-refractivity contribution >= 4 is 34.0 Å². The van der Waals surface area contributed by atoms with Crippen LogP contribution in [0.15, 0.2) is 74.0 Å². The second kappa shape index (κ2) is 10.4. The number of hydrogen-bond acceptors (Lipinski definition) is 8. The van der Waals surface area contributed by atoms with Gasteiger partial charge in [0, 0.05) is 48.1 Å². The number of fused-ring (bicyclic) bond motifs is 4. The molecule has 2 aliphatic rings. The van der Waals surface area contributed by atoms with Gasteiger partial charge in [-0.25, -0.2) is 23.9 Å². The van der Waals surface area contributed by atoms with Crippen LogP contribution in [0.25, 0.3) is 16.6 Å². The van der Waals surface area contributed by atoms with Gasteiger partial charge in [0.1, 0.15) is 41.8 Å². The SMILES string of the molecule is C=CC(=O)N1[C@@H]2CC[C@H]1CC(Oc1ccc3ncnc(Nc4ccc(Oc5ccn6ncnc6c5)c(C)c4F)c3c1)C2. The molecule has 11 heteroatoms. The van der Waals surface area contributed by atoms with Gasteiger partial charge in [0.15, 0.2) is 11.5 Å². The van der Waals surface area contributed by atoms with Gasteiger partial charge in [0.25, 0.3) is 0 Å². The number of anilines is 2. The first-order valence-electron chi connectivity index (χ1n) is 13.9. The van der Waals surface area contributed by atoms with Gasteiger partial charge >= 0.3 is 0 Å². The number of rotatable bonds is 7. The zero-order chi connectivity index (χ0) is 28.8. The third kappa shape index (κ3) is 4.66. The van der Waals surface area contributed by atoms with Gasteiger partial charge in [-0.2, -0.15) is 5.10 Å². The Morgan fingerprint density at radius 1 is 1.05 bits per heavy atom. The highest BCUT2D eigenvalue weighted by atomic mass is 19.1. The molecule has 1 unspecified atom stereocenters. The first-order chi connectivity index (χ1) is 20.5. The van der Waals surface area contributed by atoms with Crippen molar-refractivity contribution in [3.8, 4) is 17.2 Å². The van der Waals surface area contributed by atoms with Crippen LogP contribution in [0.1, 0.15) is 31.2 Å². The molecule has 3 atom stereocenters. The number of ether oxygens (including phenoxy) is 2. The van der Waals surface area contributed by atoms with Crippen LogP contribution in [0.5, 0.6) is 17.2 Å². The molecule has 212 valence electrons. The largest absolute Gasteiger partial charge is 0.490 e. The minimum absolute atomic E-state index is 0.00466. The maximum atomic E-state index is 15.6. The van der Waals surface area contributed by atoms with Gasteiger partial charge in [-0.15, -0.1) is 0 Å². The minimum atomic E-state index is -0.452. The van der Waals surface area contributed by atoms with Crippen molar-refractivity contribution < 1.29 is 18.7 Å². The van der Waals surface area contributed by atoms with E-state index < -0.39 is 5.82 Å². The summed E-state index contributed by atoms with van der Waals surface area (Å²) in [5.41, 5.74) is 1.94. The van der Waals surface area contributed by atoms with Crippen molar-refractivity contribution in [1.82, 2.24) is 29.5 Å². The molecule has 2 aromatic carbocycles. The van der Waals surface area contributed by atoms with E-state index in [9.17, 15) is 4.79 Å². The van der Waals surface area contributed by atoms with E-state index in [4.69, 9.17) is 9.47 Å². The summed E-state index contributed by atoms with van der Waals surface area (Å²) in [5, 5.41) is 7.91. The average molecular weight is 566 g/mol. The van der Waals surface area contributed by atoms with Crippen LogP contribution in [-0.2, 0) is 4.79 Å². The number of carbonyl (C=O) groups excluding carboxylic acids is 1. The van der Waals surface area contributed by atoms with Gasteiger partial charge in [-0.1, -0.05) is 6.58 Å². The molecule has 2 aliphatic heterocycles. The van der Waals surface area contributed by atoms with E-state index in [2.05, 4.69) is 31.9 Å². The Labute approximate surface area is 240 Å². The molecule has 0 radical (unpaired) electrons. The summed E-state index contributed by atoms with van der Waals surface area (Å²) in [6.45, 7) is 5.31. The van der Waals surface area contributed by atoms with Crippen molar-refractivity contribution in [2.24, 2.45) is 0 Å². The summed E-state index contributed by atoms with van der Waals surface area (Å²) in [7, 11) is 0. The maximum absolute atomic E-state index is 15.6. The van der Waals surface area contributed by atoms with E-state index in [1.807, 2.05) is 23.1 Å². The summed E-state index contributed by atoms with van der Waals surface area (Å²) in [4.78, 5) is 27.2. The van der Waals surface area contributed by atoms with E-state index in [1.165, 1.54) is 18.7 Å². The monoisotopic (exact) mass is 565 g/mol. The smallest absolute Gasteiger partial charge is 0.246 e. The topological polar surface area (TPSA) is 107 Å². The number of aromatic nitrogens is 5. The van der Waals surface area contributed by atoms with Gasteiger partial charge < -0.3 is 19.7 Å². The summed E-state index contributed by atoms with van der Waals surface area (Å²) in [6, 6.07) is 12.8. The molecule has 2 saturated heterocycles. The third-order valence-corrected chi connectivity index (χ3v) is 8.10. The van der Waals surface area contributed by atoms with Crippen molar-refractivity contribution in [3.05, 3.63) is 85.4 Å². The number of nitrogens with zero attached hydrogens (tertiary/aromatic N) is 6. The summed E-state index contributed by atoms with van der Waals surface area (Å²) < 4.78 is 29.5. The molecule has 5 heterocycles. The van der Waals surface area contributed by atoms with E-state index in [0.717, 1.165) is 25.7 Å². The van der Waals surface area contributed by atoms with Crippen LogP contribution in [0.2, 0.25) is 0 Å². The normalized spacial score (nSPS) is 19.7. The third-order valence-electron chi connectivity index (χ3n) is 8.10. The molecule has 5 aromatic rings. The number of pyridine rings is 1. The summed E-state index contributed by atoms with van der Waals surface area (Å²) in [5.74, 6) is 1.60. The van der Waals surface area contributed by atoms with Crippen molar-refractivity contribution in [1.29, 1.82) is 0 Å².